The van der Waals surface area contributed by atoms with Crippen molar-refractivity contribution in [2.45, 2.75) is 39.8 Å². The van der Waals surface area contributed by atoms with Crippen LogP contribution in [0.15, 0.2) is 0 Å². The zero-order valence-electron chi connectivity index (χ0n) is 10.6. The van der Waals surface area contributed by atoms with Crippen molar-refractivity contribution >= 4 is 11.9 Å². The van der Waals surface area contributed by atoms with E-state index < -0.39 is 5.41 Å². The highest BCUT2D eigenvalue weighted by molar-refractivity contribution is 6.00. The molecule has 0 aromatic heterocycles. The van der Waals surface area contributed by atoms with E-state index in [1.54, 1.807) is 4.90 Å². The molecule has 92 valence electrons. The largest absolute Gasteiger partial charge is 0.324 e. The Bertz CT molecular complexity index is 302. The molecule has 0 aromatic rings. The van der Waals surface area contributed by atoms with Gasteiger partial charge in [-0.05, 0) is 34.7 Å². The summed E-state index contributed by atoms with van der Waals surface area (Å²) in [5.41, 5.74) is -0.540. The third-order valence-corrected chi connectivity index (χ3v) is 3.54. The van der Waals surface area contributed by atoms with E-state index in [2.05, 4.69) is 10.6 Å². The molecule has 0 radical (unpaired) electrons. The second-order valence-electron chi connectivity index (χ2n) is 5.00. The van der Waals surface area contributed by atoms with Crippen molar-refractivity contribution in [2.24, 2.45) is 5.41 Å². The Morgan fingerprint density at radius 2 is 2.06 bits per heavy atom. The van der Waals surface area contributed by atoms with Crippen molar-refractivity contribution in [1.29, 1.82) is 0 Å². The highest BCUT2D eigenvalue weighted by atomic mass is 16.2. The Morgan fingerprint density at radius 3 is 2.56 bits per heavy atom. The molecule has 5 nitrogen and oxygen atoms in total. The van der Waals surface area contributed by atoms with Crippen LogP contribution in [0.25, 0.3) is 0 Å². The molecule has 1 aliphatic heterocycles. The Balaban J connectivity index is 2.84. The summed E-state index contributed by atoms with van der Waals surface area (Å²) in [7, 11) is 1.85. The van der Waals surface area contributed by atoms with Crippen LogP contribution in [0.4, 0.5) is 4.79 Å². The van der Waals surface area contributed by atoms with E-state index in [-0.39, 0.29) is 24.0 Å². The summed E-state index contributed by atoms with van der Waals surface area (Å²) in [6, 6.07) is -0.180. The molecule has 2 unspecified atom stereocenters. The van der Waals surface area contributed by atoms with E-state index in [0.29, 0.717) is 6.54 Å². The third kappa shape index (κ3) is 2.19. The topological polar surface area (TPSA) is 61.4 Å². The first-order valence-corrected chi connectivity index (χ1v) is 5.60. The number of amides is 3. The van der Waals surface area contributed by atoms with Gasteiger partial charge in [0.05, 0.1) is 5.41 Å². The molecule has 1 aliphatic rings. The summed E-state index contributed by atoms with van der Waals surface area (Å²) in [6.45, 7) is 8.23. The van der Waals surface area contributed by atoms with Crippen LogP contribution in [0.2, 0.25) is 0 Å². The lowest BCUT2D eigenvalue weighted by Crippen LogP contribution is -2.64. The molecular weight excluding hydrogens is 206 g/mol. The van der Waals surface area contributed by atoms with Gasteiger partial charge in [0, 0.05) is 18.6 Å². The molecule has 16 heavy (non-hydrogen) atoms. The Kier molecular flexibility index (Phi) is 3.57. The van der Waals surface area contributed by atoms with Crippen molar-refractivity contribution in [3.63, 3.8) is 0 Å². The Hall–Kier alpha value is -1.10. The number of imide groups is 1. The highest BCUT2D eigenvalue weighted by Crippen LogP contribution is 2.28. The van der Waals surface area contributed by atoms with Gasteiger partial charge in [-0.15, -0.1) is 0 Å². The first-order valence-electron chi connectivity index (χ1n) is 5.60. The first kappa shape index (κ1) is 13.0. The fourth-order valence-electron chi connectivity index (χ4n) is 1.71. The fourth-order valence-corrected chi connectivity index (χ4v) is 1.71. The lowest BCUT2D eigenvalue weighted by atomic mass is 9.82. The molecule has 1 saturated heterocycles. The molecule has 1 rings (SSSR count). The average molecular weight is 227 g/mol. The van der Waals surface area contributed by atoms with Crippen LogP contribution in [-0.4, -0.2) is 42.5 Å². The summed E-state index contributed by atoms with van der Waals surface area (Å²) in [5.74, 6) is -0.196. The molecule has 0 saturated carbocycles. The number of carbonyl (C=O) groups is 2. The second kappa shape index (κ2) is 4.41. The predicted octanol–water partition coefficient (Wildman–Crippen LogP) is 0.561. The van der Waals surface area contributed by atoms with Gasteiger partial charge in [-0.25, -0.2) is 4.79 Å². The van der Waals surface area contributed by atoms with E-state index in [4.69, 9.17) is 0 Å². The molecular formula is C11H21N3O2. The molecule has 1 heterocycles. The van der Waals surface area contributed by atoms with Gasteiger partial charge in [-0.3, -0.25) is 10.1 Å². The second-order valence-corrected chi connectivity index (χ2v) is 5.00. The number of nitrogens with zero attached hydrogens (tertiary/aromatic N) is 1. The molecule has 0 spiro atoms. The van der Waals surface area contributed by atoms with E-state index >= 15 is 0 Å². The zero-order valence-corrected chi connectivity index (χ0v) is 10.6. The van der Waals surface area contributed by atoms with Gasteiger partial charge in [0.1, 0.15) is 0 Å². The van der Waals surface area contributed by atoms with Gasteiger partial charge in [-0.1, -0.05) is 0 Å². The van der Waals surface area contributed by atoms with E-state index in [1.807, 2.05) is 34.7 Å². The number of likely N-dealkylation sites (N-methyl/N-ethyl adjacent to an activating group) is 1. The minimum Gasteiger partial charge on any atom is -0.319 e. The van der Waals surface area contributed by atoms with Crippen LogP contribution in [-0.2, 0) is 4.79 Å². The Labute approximate surface area is 96.6 Å². The van der Waals surface area contributed by atoms with Crippen LogP contribution in [0, 0.1) is 5.41 Å². The van der Waals surface area contributed by atoms with Gasteiger partial charge in [-0.2, -0.15) is 0 Å². The molecule has 2 atom stereocenters. The molecule has 2 N–H and O–H groups in total. The van der Waals surface area contributed by atoms with E-state index in [9.17, 15) is 9.59 Å². The fraction of sp³-hybridized carbons (Fsp3) is 0.818. The highest BCUT2D eigenvalue weighted by Gasteiger charge is 2.44. The average Bonchev–Trinajstić information content (AvgIpc) is 2.22. The first-order chi connectivity index (χ1) is 7.30. The van der Waals surface area contributed by atoms with Crippen molar-refractivity contribution in [3.05, 3.63) is 0 Å². The van der Waals surface area contributed by atoms with Gasteiger partial charge < -0.3 is 10.2 Å². The Morgan fingerprint density at radius 1 is 1.50 bits per heavy atom. The number of hydrogen-bond acceptors (Lipinski definition) is 3. The molecule has 0 aromatic carbocycles. The molecule has 3 amide bonds. The van der Waals surface area contributed by atoms with Crippen LogP contribution in [0.3, 0.4) is 0 Å². The van der Waals surface area contributed by atoms with Crippen molar-refractivity contribution in [3.8, 4) is 0 Å². The maximum atomic E-state index is 11.7. The standard InChI is InChI=1S/C11H21N3O2/c1-7(12-5)6-14-8(2)11(3,4)9(15)13-10(14)16/h7-8,12H,6H2,1-5H3,(H,13,15,16). The summed E-state index contributed by atoms with van der Waals surface area (Å²) in [6.07, 6.45) is 0. The SMILES string of the molecule is CNC(C)CN1C(=O)NC(=O)C(C)(C)C1C. The van der Waals surface area contributed by atoms with Gasteiger partial charge in [0.15, 0.2) is 0 Å². The zero-order chi connectivity index (χ0) is 12.5. The summed E-state index contributed by atoms with van der Waals surface area (Å²) < 4.78 is 0. The monoisotopic (exact) mass is 227 g/mol. The van der Waals surface area contributed by atoms with Crippen molar-refractivity contribution in [2.75, 3.05) is 13.6 Å². The number of nitrogens with one attached hydrogen (secondary N) is 2. The van der Waals surface area contributed by atoms with Crippen LogP contribution in [0.5, 0.6) is 0 Å². The predicted molar refractivity (Wildman–Crippen MR) is 62.0 cm³/mol. The normalized spacial score (nSPS) is 26.6. The lowest BCUT2D eigenvalue weighted by Gasteiger charge is -2.44. The number of rotatable bonds is 3. The van der Waals surface area contributed by atoms with Gasteiger partial charge in [0.25, 0.3) is 0 Å². The van der Waals surface area contributed by atoms with E-state index in [0.717, 1.165) is 0 Å². The maximum Gasteiger partial charge on any atom is 0.324 e. The number of urea groups is 1. The van der Waals surface area contributed by atoms with Crippen LogP contribution < -0.4 is 10.6 Å². The summed E-state index contributed by atoms with van der Waals surface area (Å²) >= 11 is 0. The number of hydrogen-bond donors (Lipinski definition) is 2. The minimum atomic E-state index is -0.540. The molecule has 0 bridgehead atoms. The van der Waals surface area contributed by atoms with E-state index in [1.165, 1.54) is 0 Å². The number of carbonyl (C=O) groups excluding carboxylic acids is 2. The van der Waals surface area contributed by atoms with Crippen LogP contribution in [0.1, 0.15) is 27.7 Å². The molecule has 5 heteroatoms. The van der Waals surface area contributed by atoms with Gasteiger partial charge in [0.2, 0.25) is 5.91 Å². The summed E-state index contributed by atoms with van der Waals surface area (Å²) in [5, 5.41) is 5.49. The molecule has 1 fully saturated rings. The lowest BCUT2D eigenvalue weighted by molar-refractivity contribution is -0.133. The summed E-state index contributed by atoms with van der Waals surface area (Å²) in [4.78, 5) is 25.1. The molecule has 0 aliphatic carbocycles. The quantitative estimate of drug-likeness (QED) is 0.740. The van der Waals surface area contributed by atoms with Crippen molar-refractivity contribution in [1.82, 2.24) is 15.5 Å². The van der Waals surface area contributed by atoms with Crippen LogP contribution >= 0.6 is 0 Å². The van der Waals surface area contributed by atoms with Gasteiger partial charge >= 0.3 is 6.03 Å². The minimum absolute atomic E-state index is 0.0930. The van der Waals surface area contributed by atoms with Crippen molar-refractivity contribution < 1.29 is 9.59 Å². The maximum absolute atomic E-state index is 11.7. The third-order valence-electron chi connectivity index (χ3n) is 3.54. The smallest absolute Gasteiger partial charge is 0.319 e.